The van der Waals surface area contributed by atoms with Crippen LogP contribution in [0.25, 0.3) is 0 Å². The molecule has 1 fully saturated rings. The van der Waals surface area contributed by atoms with Crippen LogP contribution in [-0.2, 0) is 17.8 Å². The number of hydrogen-bond donors (Lipinski definition) is 2. The largest absolute Gasteiger partial charge is 0.352 e. The first-order chi connectivity index (χ1) is 8.33. The summed E-state index contributed by atoms with van der Waals surface area (Å²) in [5, 5.41) is 6.43. The summed E-state index contributed by atoms with van der Waals surface area (Å²) < 4.78 is 0. The molecule has 0 radical (unpaired) electrons. The number of carbonyl (C=O) groups is 1. The molecule has 3 rings (SSSR count). The van der Waals surface area contributed by atoms with Crippen LogP contribution >= 0.6 is 0 Å². The third kappa shape index (κ3) is 2.20. The van der Waals surface area contributed by atoms with Gasteiger partial charge in [-0.25, -0.2) is 0 Å². The molecule has 1 aromatic rings. The van der Waals surface area contributed by atoms with Crippen LogP contribution in [0.15, 0.2) is 24.3 Å². The Morgan fingerprint density at radius 1 is 1.24 bits per heavy atom. The lowest BCUT2D eigenvalue weighted by Crippen LogP contribution is -2.51. The van der Waals surface area contributed by atoms with Crippen LogP contribution in [0.2, 0.25) is 0 Å². The average Bonchev–Trinajstić information content (AvgIpc) is 2.33. The highest BCUT2D eigenvalue weighted by atomic mass is 16.2. The van der Waals surface area contributed by atoms with E-state index in [-0.39, 0.29) is 11.9 Å². The fraction of sp³-hybridized carbons (Fsp3) is 0.500. The number of amides is 1. The van der Waals surface area contributed by atoms with Crippen LogP contribution in [0.5, 0.6) is 0 Å². The van der Waals surface area contributed by atoms with E-state index in [1.807, 2.05) is 6.07 Å². The van der Waals surface area contributed by atoms with Gasteiger partial charge in [0.05, 0.1) is 6.04 Å². The normalized spacial score (nSPS) is 23.6. The van der Waals surface area contributed by atoms with Crippen LogP contribution in [-0.4, -0.2) is 18.0 Å². The summed E-state index contributed by atoms with van der Waals surface area (Å²) in [5.74, 6) is 0.171. The van der Waals surface area contributed by atoms with Crippen LogP contribution < -0.4 is 10.6 Å². The molecule has 0 saturated heterocycles. The average molecular weight is 230 g/mol. The third-order valence-corrected chi connectivity index (χ3v) is 3.85. The molecule has 3 heteroatoms. The fourth-order valence-corrected chi connectivity index (χ4v) is 2.49. The minimum atomic E-state index is -0.0505. The van der Waals surface area contributed by atoms with Gasteiger partial charge in [0, 0.05) is 12.6 Å². The molecule has 2 aliphatic rings. The van der Waals surface area contributed by atoms with E-state index >= 15 is 0 Å². The van der Waals surface area contributed by atoms with Gasteiger partial charge in [-0.05, 0) is 36.8 Å². The van der Waals surface area contributed by atoms with Gasteiger partial charge in [0.2, 0.25) is 5.91 Å². The van der Waals surface area contributed by atoms with E-state index < -0.39 is 0 Å². The molecule has 1 aliphatic carbocycles. The Labute approximate surface area is 102 Å². The number of nitrogens with one attached hydrogen (secondary N) is 2. The van der Waals surface area contributed by atoms with Crippen LogP contribution in [0, 0.1) is 0 Å². The van der Waals surface area contributed by atoms with Crippen LogP contribution in [0.1, 0.15) is 30.4 Å². The van der Waals surface area contributed by atoms with Crippen molar-refractivity contribution in [2.75, 3.05) is 0 Å². The molecule has 90 valence electrons. The summed E-state index contributed by atoms with van der Waals surface area (Å²) >= 11 is 0. The minimum absolute atomic E-state index is 0.0505. The number of benzene rings is 1. The van der Waals surface area contributed by atoms with E-state index in [2.05, 4.69) is 28.8 Å². The van der Waals surface area contributed by atoms with E-state index in [0.717, 1.165) is 25.8 Å². The SMILES string of the molecule is O=C(NC1CCC1)C1Cc2ccccc2CN1. The minimum Gasteiger partial charge on any atom is -0.352 e. The lowest BCUT2D eigenvalue weighted by Gasteiger charge is -2.31. The van der Waals surface area contributed by atoms with Crippen molar-refractivity contribution in [3.8, 4) is 0 Å². The Morgan fingerprint density at radius 3 is 2.71 bits per heavy atom. The molecule has 0 bridgehead atoms. The zero-order valence-corrected chi connectivity index (χ0v) is 9.91. The van der Waals surface area contributed by atoms with Crippen molar-refractivity contribution in [1.82, 2.24) is 10.6 Å². The Hall–Kier alpha value is -1.35. The van der Waals surface area contributed by atoms with Crippen molar-refractivity contribution >= 4 is 5.91 Å². The van der Waals surface area contributed by atoms with Gasteiger partial charge in [-0.1, -0.05) is 24.3 Å². The second kappa shape index (κ2) is 4.49. The molecule has 1 atom stereocenters. The smallest absolute Gasteiger partial charge is 0.237 e. The number of rotatable bonds is 2. The standard InChI is InChI=1S/C14H18N2O/c17-14(16-12-6-3-7-12)13-8-10-4-1-2-5-11(10)9-15-13/h1-2,4-5,12-13,15H,3,6-9H2,(H,16,17). The quantitative estimate of drug-likeness (QED) is 0.805. The predicted octanol–water partition coefficient (Wildman–Crippen LogP) is 1.37. The van der Waals surface area contributed by atoms with E-state index in [1.54, 1.807) is 0 Å². The van der Waals surface area contributed by atoms with Gasteiger partial charge in [-0.2, -0.15) is 0 Å². The van der Waals surface area contributed by atoms with Crippen molar-refractivity contribution in [1.29, 1.82) is 0 Å². The van der Waals surface area contributed by atoms with Gasteiger partial charge in [0.25, 0.3) is 0 Å². The number of hydrogen-bond acceptors (Lipinski definition) is 2. The molecule has 3 nitrogen and oxygen atoms in total. The maximum atomic E-state index is 12.0. The third-order valence-electron chi connectivity index (χ3n) is 3.85. The summed E-state index contributed by atoms with van der Waals surface area (Å²) in [4.78, 5) is 12.0. The molecule has 1 unspecified atom stereocenters. The summed E-state index contributed by atoms with van der Waals surface area (Å²) in [6.07, 6.45) is 4.37. The maximum absolute atomic E-state index is 12.0. The molecule has 1 aromatic carbocycles. The van der Waals surface area contributed by atoms with Crippen molar-refractivity contribution in [2.45, 2.75) is 44.3 Å². The van der Waals surface area contributed by atoms with Crippen LogP contribution in [0.4, 0.5) is 0 Å². The lowest BCUT2D eigenvalue weighted by molar-refractivity contribution is -0.124. The van der Waals surface area contributed by atoms with E-state index in [4.69, 9.17) is 0 Å². The molecule has 0 spiro atoms. The number of carbonyl (C=O) groups excluding carboxylic acids is 1. The first-order valence-electron chi connectivity index (χ1n) is 6.43. The Bertz CT molecular complexity index is 426. The molecule has 1 aliphatic heterocycles. The zero-order valence-electron chi connectivity index (χ0n) is 9.91. The Morgan fingerprint density at radius 2 is 2.00 bits per heavy atom. The number of fused-ring (bicyclic) bond motifs is 1. The molecular weight excluding hydrogens is 212 g/mol. The van der Waals surface area contributed by atoms with E-state index in [1.165, 1.54) is 17.5 Å². The first-order valence-corrected chi connectivity index (χ1v) is 6.43. The molecule has 1 amide bonds. The summed E-state index contributed by atoms with van der Waals surface area (Å²) in [7, 11) is 0. The second-order valence-electron chi connectivity index (χ2n) is 5.04. The van der Waals surface area contributed by atoms with Gasteiger partial charge >= 0.3 is 0 Å². The lowest BCUT2D eigenvalue weighted by atomic mass is 9.91. The molecule has 17 heavy (non-hydrogen) atoms. The Kier molecular flexibility index (Phi) is 2.85. The van der Waals surface area contributed by atoms with Crippen molar-refractivity contribution < 1.29 is 4.79 Å². The maximum Gasteiger partial charge on any atom is 0.237 e. The van der Waals surface area contributed by atoms with Crippen molar-refractivity contribution in [3.05, 3.63) is 35.4 Å². The van der Waals surface area contributed by atoms with Gasteiger partial charge in [-0.15, -0.1) is 0 Å². The zero-order chi connectivity index (χ0) is 11.7. The predicted molar refractivity (Wildman–Crippen MR) is 66.6 cm³/mol. The monoisotopic (exact) mass is 230 g/mol. The van der Waals surface area contributed by atoms with Gasteiger partial charge in [-0.3, -0.25) is 4.79 Å². The second-order valence-corrected chi connectivity index (χ2v) is 5.04. The molecule has 1 heterocycles. The van der Waals surface area contributed by atoms with Gasteiger partial charge in [0.1, 0.15) is 0 Å². The molecule has 0 aromatic heterocycles. The highest BCUT2D eigenvalue weighted by Gasteiger charge is 2.27. The fourth-order valence-electron chi connectivity index (χ4n) is 2.49. The van der Waals surface area contributed by atoms with Gasteiger partial charge in [0.15, 0.2) is 0 Å². The highest BCUT2D eigenvalue weighted by molar-refractivity contribution is 5.82. The van der Waals surface area contributed by atoms with Crippen LogP contribution in [0.3, 0.4) is 0 Å². The summed E-state index contributed by atoms with van der Waals surface area (Å²) in [5.41, 5.74) is 2.63. The topological polar surface area (TPSA) is 41.1 Å². The summed E-state index contributed by atoms with van der Waals surface area (Å²) in [6, 6.07) is 8.73. The van der Waals surface area contributed by atoms with E-state index in [9.17, 15) is 4.79 Å². The highest BCUT2D eigenvalue weighted by Crippen LogP contribution is 2.20. The van der Waals surface area contributed by atoms with Crippen molar-refractivity contribution in [3.63, 3.8) is 0 Å². The van der Waals surface area contributed by atoms with Gasteiger partial charge < -0.3 is 10.6 Å². The molecular formula is C14H18N2O. The molecule has 2 N–H and O–H groups in total. The van der Waals surface area contributed by atoms with E-state index in [0.29, 0.717) is 6.04 Å². The molecule has 1 saturated carbocycles. The van der Waals surface area contributed by atoms with Crippen molar-refractivity contribution in [2.24, 2.45) is 0 Å². The first kappa shape index (κ1) is 10.8. The summed E-state index contributed by atoms with van der Waals surface area (Å²) in [6.45, 7) is 0.804. The Balaban J connectivity index is 1.64.